The molecule has 0 aromatic carbocycles. The molecule has 3 rings (SSSR count). The molecule has 18 heteroatoms. The highest BCUT2D eigenvalue weighted by molar-refractivity contribution is 5.71. The minimum atomic E-state index is -2.32. The summed E-state index contributed by atoms with van der Waals surface area (Å²) in [6, 6.07) is -1.15. The van der Waals surface area contributed by atoms with Crippen LogP contribution in [0.1, 0.15) is 79.1 Å². The van der Waals surface area contributed by atoms with Gasteiger partial charge in [-0.05, 0) is 33.1 Å². The molecule has 2 bridgehead atoms. The second kappa shape index (κ2) is 27.7. The lowest BCUT2D eigenvalue weighted by atomic mass is 9.82. The fourth-order valence-corrected chi connectivity index (χ4v) is 8.09. The summed E-state index contributed by atoms with van der Waals surface area (Å²) >= 11 is 0. The molecule has 0 amide bonds. The number of aliphatic hydroxyl groups excluding tert-OH is 10. The second-order valence-corrected chi connectivity index (χ2v) is 17.7. The Bertz CT molecular complexity index is 1620. The lowest BCUT2D eigenvalue weighted by Crippen LogP contribution is -2.61. The topological polar surface area (TPSA) is 323 Å². The van der Waals surface area contributed by atoms with Crippen molar-refractivity contribution in [3.05, 3.63) is 85.1 Å². The number of aliphatic carboxylic acids is 1. The van der Waals surface area contributed by atoms with Gasteiger partial charge in [0.1, 0.15) is 12.0 Å². The summed E-state index contributed by atoms with van der Waals surface area (Å²) in [5.41, 5.74) is 6.02. The van der Waals surface area contributed by atoms with Gasteiger partial charge < -0.3 is 86.0 Å². The van der Waals surface area contributed by atoms with Gasteiger partial charge in [-0.3, -0.25) is 4.79 Å². The van der Waals surface area contributed by atoms with Crippen LogP contribution in [0.25, 0.3) is 0 Å². The van der Waals surface area contributed by atoms with Gasteiger partial charge in [-0.1, -0.05) is 98.9 Å². The molecule has 0 aliphatic carbocycles. The summed E-state index contributed by atoms with van der Waals surface area (Å²) in [7, 11) is 0. The van der Waals surface area contributed by atoms with E-state index >= 15 is 0 Å². The molecule has 65 heavy (non-hydrogen) atoms. The number of allylic oxidation sites excluding steroid dienone is 12. The van der Waals surface area contributed by atoms with Crippen LogP contribution in [0.15, 0.2) is 85.1 Å². The Labute approximate surface area is 381 Å². The molecular weight excluding hydrogens is 851 g/mol. The molecule has 18 nitrogen and oxygen atoms in total. The Morgan fingerprint density at radius 3 is 1.75 bits per heavy atom. The van der Waals surface area contributed by atoms with E-state index in [0.717, 1.165) is 0 Å². The Hall–Kier alpha value is -2.99. The highest BCUT2D eigenvalue weighted by Crippen LogP contribution is 2.38. The van der Waals surface area contributed by atoms with Crippen molar-refractivity contribution in [3.8, 4) is 0 Å². The highest BCUT2D eigenvalue weighted by Gasteiger charge is 2.51. The molecule has 6 unspecified atom stereocenters. The predicted octanol–water partition coefficient (Wildman–Crippen LogP) is 0.504. The van der Waals surface area contributed by atoms with Crippen LogP contribution in [0, 0.1) is 17.8 Å². The van der Waals surface area contributed by atoms with Gasteiger partial charge in [-0.2, -0.15) is 0 Å². The van der Waals surface area contributed by atoms with Crippen LogP contribution < -0.4 is 5.73 Å². The third-order valence-electron chi connectivity index (χ3n) is 12.1. The van der Waals surface area contributed by atoms with Gasteiger partial charge >= 0.3 is 5.97 Å². The smallest absolute Gasteiger partial charge is 0.311 e. The number of carbonyl (C=O) groups is 1. The molecule has 0 saturated carbocycles. The van der Waals surface area contributed by atoms with Gasteiger partial charge in [0.15, 0.2) is 18.4 Å². The van der Waals surface area contributed by atoms with Crippen LogP contribution in [0.3, 0.4) is 0 Å². The average molecular weight is 926 g/mol. The maximum atomic E-state index is 12.5. The molecule has 2 fully saturated rings. The molecule has 20 atom stereocenters. The van der Waals surface area contributed by atoms with Crippen molar-refractivity contribution in [1.82, 2.24) is 0 Å². The Morgan fingerprint density at radius 1 is 0.600 bits per heavy atom. The molecule has 14 N–H and O–H groups in total. The average Bonchev–Trinajstić information content (AvgIpc) is 3.21. The fourth-order valence-electron chi connectivity index (χ4n) is 8.09. The van der Waals surface area contributed by atoms with E-state index in [2.05, 4.69) is 0 Å². The zero-order valence-corrected chi connectivity index (χ0v) is 37.7. The van der Waals surface area contributed by atoms with Crippen LogP contribution in [0.4, 0.5) is 0 Å². The summed E-state index contributed by atoms with van der Waals surface area (Å²) < 4.78 is 23.4. The lowest BCUT2D eigenvalue weighted by Gasteiger charge is -2.45. The molecule has 370 valence electrons. The predicted molar refractivity (Wildman–Crippen MR) is 238 cm³/mol. The van der Waals surface area contributed by atoms with Gasteiger partial charge in [-0.25, -0.2) is 0 Å². The highest BCUT2D eigenvalue weighted by atomic mass is 16.7. The Kier molecular flexibility index (Phi) is 24.0. The van der Waals surface area contributed by atoms with E-state index in [1.165, 1.54) is 13.0 Å². The standard InChI is InChI=1S/C47H75NO17/c1-27-17-15-13-11-9-7-5-6-8-10-12-14-16-18-34(64-46-44(58)41(48)43(57)30(4)63-46)24-38-40(45(59)60)37(54)26-47(61,65-38)25-33(51)22-36(53)35(52)20-19-31(49)21-32(50)23-39(55)62-29(3)28(2)42(27)56/h5-18,27-44,46,49-58,61H,19-26,48H2,1-4H3,(H,59,60)/t27-,28?,29-,30?,31+,32+,33-,34-,35+,36+,37-,38-,39-,40+,41?,42+,43?,44?,46?,47+/m0/s1. The second-order valence-electron chi connectivity index (χ2n) is 17.7. The summed E-state index contributed by atoms with van der Waals surface area (Å²) in [4.78, 5) is 12.5. The van der Waals surface area contributed by atoms with Crippen molar-refractivity contribution < 1.29 is 85.0 Å². The van der Waals surface area contributed by atoms with Gasteiger partial charge in [0.05, 0.1) is 79.3 Å². The van der Waals surface area contributed by atoms with E-state index in [1.807, 2.05) is 43.4 Å². The maximum absolute atomic E-state index is 12.5. The van der Waals surface area contributed by atoms with Crippen molar-refractivity contribution in [3.63, 3.8) is 0 Å². The molecular formula is C47H75NO17. The number of aliphatic hydroxyl groups is 11. The quantitative estimate of drug-likeness (QED) is 0.183. The first-order chi connectivity index (χ1) is 30.6. The fraction of sp³-hybridized carbons (Fsp3) is 0.681. The van der Waals surface area contributed by atoms with Crippen LogP contribution >= 0.6 is 0 Å². The van der Waals surface area contributed by atoms with E-state index in [0.29, 0.717) is 0 Å². The van der Waals surface area contributed by atoms with E-state index in [4.69, 9.17) is 24.7 Å². The Balaban J connectivity index is 1.86. The summed E-state index contributed by atoms with van der Waals surface area (Å²) in [5.74, 6) is -5.99. The minimum absolute atomic E-state index is 0.0775. The van der Waals surface area contributed by atoms with Gasteiger partial charge in [0, 0.05) is 43.9 Å². The normalized spacial score (nSPS) is 43.3. The Morgan fingerprint density at radius 2 is 1.17 bits per heavy atom. The number of hydrogen-bond acceptors (Lipinski definition) is 17. The molecule has 3 aliphatic heterocycles. The van der Waals surface area contributed by atoms with Gasteiger partial charge in [-0.15, -0.1) is 0 Å². The maximum Gasteiger partial charge on any atom is 0.311 e. The monoisotopic (exact) mass is 926 g/mol. The van der Waals surface area contributed by atoms with Crippen molar-refractivity contribution in [2.45, 2.75) is 183 Å². The van der Waals surface area contributed by atoms with Crippen LogP contribution in [0.2, 0.25) is 0 Å². The van der Waals surface area contributed by atoms with Crippen molar-refractivity contribution in [1.29, 1.82) is 0 Å². The molecule has 0 aromatic heterocycles. The lowest BCUT2D eigenvalue weighted by molar-refractivity contribution is -0.308. The first kappa shape index (κ1) is 56.3. The first-order valence-corrected chi connectivity index (χ1v) is 22.5. The number of fused-ring (bicyclic) bond motifs is 2. The number of carboxylic acid groups (broad SMARTS) is 1. The number of hydrogen-bond donors (Lipinski definition) is 13. The van der Waals surface area contributed by atoms with E-state index < -0.39 is 141 Å². The third-order valence-corrected chi connectivity index (χ3v) is 12.1. The van der Waals surface area contributed by atoms with Crippen molar-refractivity contribution in [2.24, 2.45) is 23.5 Å². The minimum Gasteiger partial charge on any atom is -0.481 e. The first-order valence-electron chi connectivity index (χ1n) is 22.5. The molecule has 3 heterocycles. The van der Waals surface area contributed by atoms with Gasteiger partial charge in [0.2, 0.25) is 0 Å². The van der Waals surface area contributed by atoms with Crippen LogP contribution in [0.5, 0.6) is 0 Å². The zero-order chi connectivity index (χ0) is 48.4. The number of ether oxygens (including phenoxy) is 4. The number of carboxylic acids is 1. The molecule has 0 spiro atoms. The molecule has 3 aliphatic rings. The van der Waals surface area contributed by atoms with Crippen molar-refractivity contribution >= 4 is 5.97 Å². The summed E-state index contributed by atoms with van der Waals surface area (Å²) in [6.45, 7) is 6.87. The van der Waals surface area contributed by atoms with E-state index in [-0.39, 0.29) is 38.0 Å². The SMILES string of the molecule is CC1OC(O[C@H]2C=CC=CC=CC=CC=CC=CC=C[C@H](C)[C@@H](O)C(C)[C@H](C)O[C@H](O)C[C@H](O)C[C@H](O)CC[C@@H](O)[C@H](O)C[C@H](O)C[C@]3(O)C[C@H](O)[C@@H](C(=O)O)[C@H](C2)O3)C(O)C(N)C1O. The summed E-state index contributed by atoms with van der Waals surface area (Å²) in [5, 5.41) is 129. The van der Waals surface area contributed by atoms with Crippen LogP contribution in [-0.2, 0) is 23.7 Å². The summed E-state index contributed by atoms with van der Waals surface area (Å²) in [6.07, 6.45) is 2.87. The third kappa shape index (κ3) is 18.9. The van der Waals surface area contributed by atoms with E-state index in [9.17, 15) is 66.1 Å². The zero-order valence-electron chi connectivity index (χ0n) is 37.7. The largest absolute Gasteiger partial charge is 0.481 e. The molecule has 0 aromatic rings. The van der Waals surface area contributed by atoms with E-state index in [1.54, 1.807) is 56.4 Å². The number of rotatable bonds is 3. The molecule has 2 saturated heterocycles. The molecule has 0 radical (unpaired) electrons. The van der Waals surface area contributed by atoms with Crippen LogP contribution in [-0.4, -0.2) is 171 Å². The van der Waals surface area contributed by atoms with Gasteiger partial charge in [0.25, 0.3) is 0 Å². The number of nitrogens with two attached hydrogens (primary N) is 1. The van der Waals surface area contributed by atoms with Crippen molar-refractivity contribution in [2.75, 3.05) is 0 Å².